The maximum atomic E-state index is 11.1. The van der Waals surface area contributed by atoms with Gasteiger partial charge in [-0.3, -0.25) is 4.79 Å². The van der Waals surface area contributed by atoms with Crippen molar-refractivity contribution < 1.29 is 9.53 Å². The summed E-state index contributed by atoms with van der Waals surface area (Å²) < 4.78 is 4.66. The third kappa shape index (κ3) is 4.85. The zero-order valence-electron chi connectivity index (χ0n) is 12.2. The van der Waals surface area contributed by atoms with Crippen LogP contribution in [0.15, 0.2) is 30.3 Å². The quantitative estimate of drug-likeness (QED) is 0.811. The van der Waals surface area contributed by atoms with Crippen LogP contribution < -0.4 is 5.32 Å². The Morgan fingerprint density at radius 1 is 1.30 bits per heavy atom. The predicted molar refractivity (Wildman–Crippen MR) is 80.8 cm³/mol. The first-order valence-electron chi connectivity index (χ1n) is 7.38. The van der Waals surface area contributed by atoms with Gasteiger partial charge in [-0.1, -0.05) is 18.2 Å². The molecule has 0 spiro atoms. The topological polar surface area (TPSA) is 41.6 Å². The van der Waals surface area contributed by atoms with Crippen molar-refractivity contribution in [3.63, 3.8) is 0 Å². The third-order valence-electron chi connectivity index (χ3n) is 3.82. The summed E-state index contributed by atoms with van der Waals surface area (Å²) in [6.45, 7) is 3.20. The molecule has 0 radical (unpaired) electrons. The van der Waals surface area contributed by atoms with Crippen LogP contribution >= 0.6 is 0 Å². The maximum absolute atomic E-state index is 11.1. The number of para-hydroxylation sites is 1. The number of anilines is 1. The van der Waals surface area contributed by atoms with E-state index in [0.717, 1.165) is 38.9 Å². The highest BCUT2D eigenvalue weighted by molar-refractivity contribution is 5.69. The van der Waals surface area contributed by atoms with Crippen molar-refractivity contribution >= 4 is 11.7 Å². The molecule has 0 aliphatic carbocycles. The lowest BCUT2D eigenvalue weighted by molar-refractivity contribution is -0.140. The van der Waals surface area contributed by atoms with Crippen molar-refractivity contribution in [3.05, 3.63) is 30.3 Å². The van der Waals surface area contributed by atoms with Crippen molar-refractivity contribution in [1.82, 2.24) is 4.90 Å². The summed E-state index contributed by atoms with van der Waals surface area (Å²) in [6, 6.07) is 10.9. The smallest absolute Gasteiger partial charge is 0.305 e. The van der Waals surface area contributed by atoms with E-state index in [1.54, 1.807) is 0 Å². The number of nitrogens with one attached hydrogen (secondary N) is 1. The van der Waals surface area contributed by atoms with Crippen LogP contribution in [0.25, 0.3) is 0 Å². The number of esters is 1. The van der Waals surface area contributed by atoms with Crippen LogP contribution in [0.3, 0.4) is 0 Å². The molecule has 1 aromatic carbocycles. The summed E-state index contributed by atoms with van der Waals surface area (Å²) in [5.41, 5.74) is 1.21. The Balaban J connectivity index is 1.64. The second kappa shape index (κ2) is 7.90. The van der Waals surface area contributed by atoms with Crippen LogP contribution in [-0.4, -0.2) is 43.7 Å². The highest BCUT2D eigenvalue weighted by atomic mass is 16.5. The Kier molecular flexibility index (Phi) is 5.87. The molecule has 0 unspecified atom stereocenters. The number of benzene rings is 1. The maximum Gasteiger partial charge on any atom is 0.305 e. The number of likely N-dealkylation sites (tertiary alicyclic amines) is 1. The minimum Gasteiger partial charge on any atom is -0.469 e. The Morgan fingerprint density at radius 2 is 2.00 bits per heavy atom. The van der Waals surface area contributed by atoms with Gasteiger partial charge >= 0.3 is 5.97 Å². The summed E-state index contributed by atoms with van der Waals surface area (Å²) >= 11 is 0. The first-order valence-corrected chi connectivity index (χ1v) is 7.38. The molecule has 1 N–H and O–H groups in total. The van der Waals surface area contributed by atoms with Crippen molar-refractivity contribution in [1.29, 1.82) is 0 Å². The van der Waals surface area contributed by atoms with Gasteiger partial charge in [-0.2, -0.15) is 0 Å². The molecule has 4 nitrogen and oxygen atoms in total. The van der Waals surface area contributed by atoms with Crippen molar-refractivity contribution in [3.8, 4) is 0 Å². The fraction of sp³-hybridized carbons (Fsp3) is 0.562. The van der Waals surface area contributed by atoms with Crippen LogP contribution in [0, 0.1) is 0 Å². The van der Waals surface area contributed by atoms with Crippen molar-refractivity contribution in [2.24, 2.45) is 0 Å². The van der Waals surface area contributed by atoms with Gasteiger partial charge in [-0.25, -0.2) is 0 Å². The zero-order valence-corrected chi connectivity index (χ0v) is 12.2. The summed E-state index contributed by atoms with van der Waals surface area (Å²) in [7, 11) is 1.45. The van der Waals surface area contributed by atoms with Crippen LogP contribution in [0.2, 0.25) is 0 Å². The van der Waals surface area contributed by atoms with Crippen LogP contribution in [0.4, 0.5) is 5.69 Å². The number of methoxy groups -OCH3 is 1. The monoisotopic (exact) mass is 276 g/mol. The molecule has 110 valence electrons. The number of hydrogen-bond donors (Lipinski definition) is 1. The molecule has 0 saturated carbocycles. The third-order valence-corrected chi connectivity index (χ3v) is 3.82. The largest absolute Gasteiger partial charge is 0.469 e. The highest BCUT2D eigenvalue weighted by Crippen LogP contribution is 2.16. The number of rotatable bonds is 6. The van der Waals surface area contributed by atoms with Crippen molar-refractivity contribution in [2.45, 2.75) is 31.7 Å². The molecule has 0 amide bonds. The fourth-order valence-electron chi connectivity index (χ4n) is 2.62. The van der Waals surface area contributed by atoms with E-state index in [-0.39, 0.29) is 5.97 Å². The first-order chi connectivity index (χ1) is 9.78. The molecule has 1 fully saturated rings. The average Bonchev–Trinajstić information content (AvgIpc) is 2.50. The van der Waals surface area contributed by atoms with E-state index in [4.69, 9.17) is 0 Å². The van der Waals surface area contributed by atoms with Crippen LogP contribution in [-0.2, 0) is 9.53 Å². The summed E-state index contributed by atoms with van der Waals surface area (Å²) in [5.74, 6) is -0.106. The molecule has 0 atom stereocenters. The molecule has 1 heterocycles. The Hall–Kier alpha value is -1.55. The van der Waals surface area contributed by atoms with Crippen molar-refractivity contribution in [2.75, 3.05) is 32.1 Å². The van der Waals surface area contributed by atoms with E-state index < -0.39 is 0 Å². The first kappa shape index (κ1) is 14.9. The van der Waals surface area contributed by atoms with Gasteiger partial charge in [0.25, 0.3) is 0 Å². The lowest BCUT2D eigenvalue weighted by Gasteiger charge is -2.32. The Labute approximate surface area is 121 Å². The van der Waals surface area contributed by atoms with E-state index in [1.807, 2.05) is 6.07 Å². The second-order valence-corrected chi connectivity index (χ2v) is 5.31. The number of ether oxygens (including phenoxy) is 1. The summed E-state index contributed by atoms with van der Waals surface area (Å²) in [6.07, 6.45) is 3.74. The van der Waals surface area contributed by atoms with E-state index in [9.17, 15) is 4.79 Å². The Morgan fingerprint density at radius 3 is 2.65 bits per heavy atom. The number of piperidine rings is 1. The molecule has 2 rings (SSSR count). The molecule has 20 heavy (non-hydrogen) atoms. The predicted octanol–water partition coefficient (Wildman–Crippen LogP) is 2.52. The van der Waals surface area contributed by atoms with E-state index in [0.29, 0.717) is 12.5 Å². The highest BCUT2D eigenvalue weighted by Gasteiger charge is 2.18. The van der Waals surface area contributed by atoms with E-state index in [2.05, 4.69) is 39.2 Å². The Bertz CT molecular complexity index is 400. The van der Waals surface area contributed by atoms with Gasteiger partial charge in [-0.15, -0.1) is 0 Å². The average molecular weight is 276 g/mol. The standard InChI is InChI=1S/C16H24N2O2/c1-20-16(19)8-5-11-18-12-9-15(10-13-18)17-14-6-3-2-4-7-14/h2-4,6-7,15,17H,5,8-13H2,1H3. The van der Waals surface area contributed by atoms with Gasteiger partial charge < -0.3 is 15.0 Å². The minimum absolute atomic E-state index is 0.106. The van der Waals surface area contributed by atoms with Gasteiger partial charge in [0.1, 0.15) is 0 Å². The van der Waals surface area contributed by atoms with E-state index >= 15 is 0 Å². The second-order valence-electron chi connectivity index (χ2n) is 5.31. The minimum atomic E-state index is -0.106. The van der Waals surface area contributed by atoms with Gasteiger partial charge in [0.2, 0.25) is 0 Å². The molecular weight excluding hydrogens is 252 g/mol. The van der Waals surface area contributed by atoms with Gasteiger partial charge in [0.05, 0.1) is 7.11 Å². The molecule has 0 bridgehead atoms. The fourth-order valence-corrected chi connectivity index (χ4v) is 2.62. The van der Waals surface area contributed by atoms with Crippen LogP contribution in [0.5, 0.6) is 0 Å². The SMILES string of the molecule is COC(=O)CCCN1CCC(Nc2ccccc2)CC1. The number of hydrogen-bond acceptors (Lipinski definition) is 4. The molecule has 0 aromatic heterocycles. The number of carbonyl (C=O) groups excluding carboxylic acids is 1. The normalized spacial score (nSPS) is 16.9. The van der Waals surface area contributed by atoms with Gasteiger partial charge in [0.15, 0.2) is 0 Å². The molecular formula is C16H24N2O2. The molecule has 1 aliphatic heterocycles. The van der Waals surface area contributed by atoms with Gasteiger partial charge in [0, 0.05) is 31.2 Å². The summed E-state index contributed by atoms with van der Waals surface area (Å²) in [4.78, 5) is 13.5. The van der Waals surface area contributed by atoms with Gasteiger partial charge in [-0.05, 0) is 37.9 Å². The lowest BCUT2D eigenvalue weighted by atomic mass is 10.0. The van der Waals surface area contributed by atoms with E-state index in [1.165, 1.54) is 12.8 Å². The molecule has 1 aromatic rings. The molecule has 1 aliphatic rings. The lowest BCUT2D eigenvalue weighted by Crippen LogP contribution is -2.39. The molecule has 4 heteroatoms. The summed E-state index contributed by atoms with van der Waals surface area (Å²) in [5, 5.41) is 3.58. The van der Waals surface area contributed by atoms with Crippen LogP contribution in [0.1, 0.15) is 25.7 Å². The molecule has 1 saturated heterocycles. The number of nitrogens with zero attached hydrogens (tertiary/aromatic N) is 1. The number of carbonyl (C=O) groups is 1. The zero-order chi connectivity index (χ0) is 14.2.